The van der Waals surface area contributed by atoms with Crippen molar-refractivity contribution < 1.29 is 4.79 Å². The average molecular weight is 388 g/mol. The molecule has 0 unspecified atom stereocenters. The van der Waals surface area contributed by atoms with Crippen LogP contribution in [0.15, 0.2) is 59.7 Å². The Labute approximate surface area is 169 Å². The van der Waals surface area contributed by atoms with Gasteiger partial charge in [0, 0.05) is 43.0 Å². The number of benzene rings is 1. The summed E-state index contributed by atoms with van der Waals surface area (Å²) in [4.78, 5) is 38.5. The first kappa shape index (κ1) is 19.1. The lowest BCUT2D eigenvalue weighted by Crippen LogP contribution is -2.40. The number of hydrogen-bond donors (Lipinski definition) is 1. The first-order valence-electron chi connectivity index (χ1n) is 9.93. The Balaban J connectivity index is 1.51. The van der Waals surface area contributed by atoms with Gasteiger partial charge in [-0.05, 0) is 37.5 Å². The smallest absolute Gasteiger partial charge is 0.251 e. The molecule has 6 heteroatoms. The van der Waals surface area contributed by atoms with Crippen molar-refractivity contribution in [3.63, 3.8) is 0 Å². The highest BCUT2D eigenvalue weighted by Gasteiger charge is 2.26. The molecule has 1 N–H and O–H groups in total. The van der Waals surface area contributed by atoms with Crippen LogP contribution in [-0.2, 0) is 11.2 Å². The second-order valence-electron chi connectivity index (χ2n) is 7.59. The van der Waals surface area contributed by atoms with E-state index < -0.39 is 0 Å². The van der Waals surface area contributed by atoms with Gasteiger partial charge in [0.1, 0.15) is 5.82 Å². The van der Waals surface area contributed by atoms with Gasteiger partial charge >= 0.3 is 0 Å². The lowest BCUT2D eigenvalue weighted by molar-refractivity contribution is -0.131. The molecular weight excluding hydrogens is 364 g/mol. The van der Waals surface area contributed by atoms with Crippen molar-refractivity contribution in [2.24, 2.45) is 0 Å². The molecule has 2 aromatic heterocycles. The number of pyridine rings is 1. The third-order valence-corrected chi connectivity index (χ3v) is 5.37. The van der Waals surface area contributed by atoms with Crippen molar-refractivity contribution in [1.82, 2.24) is 19.9 Å². The van der Waals surface area contributed by atoms with Gasteiger partial charge in [-0.1, -0.05) is 29.8 Å². The van der Waals surface area contributed by atoms with Crippen molar-refractivity contribution in [3.05, 3.63) is 82.2 Å². The lowest BCUT2D eigenvalue weighted by Gasteiger charge is -2.32. The Morgan fingerprint density at radius 1 is 1.17 bits per heavy atom. The molecule has 0 bridgehead atoms. The maximum Gasteiger partial charge on any atom is 0.251 e. The summed E-state index contributed by atoms with van der Waals surface area (Å²) < 4.78 is 0. The third kappa shape index (κ3) is 4.59. The van der Waals surface area contributed by atoms with Crippen LogP contribution in [0.2, 0.25) is 0 Å². The van der Waals surface area contributed by atoms with Crippen LogP contribution in [0.1, 0.15) is 35.7 Å². The van der Waals surface area contributed by atoms with Crippen LogP contribution >= 0.6 is 0 Å². The van der Waals surface area contributed by atoms with E-state index in [0.29, 0.717) is 24.5 Å². The first-order valence-corrected chi connectivity index (χ1v) is 9.93. The number of nitrogens with one attached hydrogen (secondary N) is 1. The molecule has 1 fully saturated rings. The van der Waals surface area contributed by atoms with E-state index in [2.05, 4.69) is 9.97 Å². The maximum absolute atomic E-state index is 12.8. The van der Waals surface area contributed by atoms with Crippen molar-refractivity contribution in [3.8, 4) is 11.3 Å². The van der Waals surface area contributed by atoms with Crippen LogP contribution in [0.3, 0.4) is 0 Å². The second-order valence-corrected chi connectivity index (χ2v) is 7.59. The molecule has 4 rings (SSSR count). The van der Waals surface area contributed by atoms with Crippen molar-refractivity contribution in [2.45, 2.75) is 32.1 Å². The zero-order valence-corrected chi connectivity index (χ0v) is 16.5. The number of likely N-dealkylation sites (tertiary alicyclic amines) is 1. The fourth-order valence-electron chi connectivity index (χ4n) is 3.76. The van der Waals surface area contributed by atoms with E-state index in [1.807, 2.05) is 48.2 Å². The van der Waals surface area contributed by atoms with Crippen molar-refractivity contribution >= 4 is 5.91 Å². The Kier molecular flexibility index (Phi) is 5.51. The predicted molar refractivity (Wildman–Crippen MR) is 112 cm³/mol. The van der Waals surface area contributed by atoms with Gasteiger partial charge in [0.15, 0.2) is 0 Å². The van der Waals surface area contributed by atoms with Gasteiger partial charge in [-0.25, -0.2) is 4.98 Å². The first-order chi connectivity index (χ1) is 14.1. The van der Waals surface area contributed by atoms with Gasteiger partial charge in [0.25, 0.3) is 5.56 Å². The van der Waals surface area contributed by atoms with Crippen LogP contribution < -0.4 is 5.56 Å². The highest BCUT2D eigenvalue weighted by molar-refractivity contribution is 5.79. The van der Waals surface area contributed by atoms with Crippen LogP contribution in [0.4, 0.5) is 0 Å². The lowest BCUT2D eigenvalue weighted by atomic mass is 9.96. The zero-order valence-electron chi connectivity index (χ0n) is 16.5. The number of piperidine rings is 1. The number of aromatic amines is 1. The minimum absolute atomic E-state index is 0.0280. The molecule has 1 aliphatic heterocycles. The quantitative estimate of drug-likeness (QED) is 0.745. The molecular formula is C23H24N4O2. The normalized spacial score (nSPS) is 16.6. The number of aromatic nitrogens is 3. The van der Waals surface area contributed by atoms with E-state index >= 15 is 0 Å². The molecule has 29 heavy (non-hydrogen) atoms. The number of nitrogens with zero attached hydrogens (tertiary/aromatic N) is 3. The SMILES string of the molecule is Cc1ccc(CC(=O)N2CCC[C@@H](c3nc(-c4ccncc4)cc(=O)[nH]3)C2)cc1. The van der Waals surface area contributed by atoms with E-state index in [9.17, 15) is 9.59 Å². The highest BCUT2D eigenvalue weighted by atomic mass is 16.2. The minimum atomic E-state index is -0.176. The van der Waals surface area contributed by atoms with Crippen molar-refractivity contribution in [1.29, 1.82) is 0 Å². The standard InChI is InChI=1S/C23H24N4O2/c1-16-4-6-17(7-5-16)13-22(29)27-12-2-3-19(15-27)23-25-20(14-21(28)26-23)18-8-10-24-11-9-18/h4-11,14,19H,2-3,12-13,15H2,1H3,(H,25,26,28)/t19-/m1/s1. The number of H-pyrrole nitrogens is 1. The summed E-state index contributed by atoms with van der Waals surface area (Å²) in [5.41, 5.74) is 3.52. The topological polar surface area (TPSA) is 79.0 Å². The second kappa shape index (κ2) is 8.39. The Bertz CT molecular complexity index is 1040. The number of hydrogen-bond acceptors (Lipinski definition) is 4. The maximum atomic E-state index is 12.8. The number of carbonyl (C=O) groups excluding carboxylic acids is 1. The number of carbonyl (C=O) groups is 1. The number of aryl methyl sites for hydroxylation is 1. The van der Waals surface area contributed by atoms with Crippen LogP contribution in [-0.4, -0.2) is 38.8 Å². The molecule has 1 saturated heterocycles. The van der Waals surface area contributed by atoms with E-state index in [1.54, 1.807) is 12.4 Å². The predicted octanol–water partition coefficient (Wildman–Crippen LogP) is 3.09. The summed E-state index contributed by atoms with van der Waals surface area (Å²) in [5.74, 6) is 0.795. The van der Waals surface area contributed by atoms with E-state index in [0.717, 1.165) is 30.5 Å². The average Bonchev–Trinajstić information content (AvgIpc) is 2.75. The number of amides is 1. The molecule has 0 spiro atoms. The molecule has 3 heterocycles. The van der Waals surface area contributed by atoms with Crippen molar-refractivity contribution in [2.75, 3.05) is 13.1 Å². The van der Waals surface area contributed by atoms with Crippen LogP contribution in [0.25, 0.3) is 11.3 Å². The van der Waals surface area contributed by atoms with Gasteiger partial charge < -0.3 is 9.88 Å². The summed E-state index contributed by atoms with van der Waals surface area (Å²) in [6.07, 6.45) is 5.56. The zero-order chi connectivity index (χ0) is 20.2. The molecule has 3 aromatic rings. The fraction of sp³-hybridized carbons (Fsp3) is 0.304. The summed E-state index contributed by atoms with van der Waals surface area (Å²) >= 11 is 0. The molecule has 0 aliphatic carbocycles. The minimum Gasteiger partial charge on any atom is -0.342 e. The largest absolute Gasteiger partial charge is 0.342 e. The molecule has 1 aromatic carbocycles. The molecule has 148 valence electrons. The molecule has 1 amide bonds. The third-order valence-electron chi connectivity index (χ3n) is 5.37. The highest BCUT2D eigenvalue weighted by Crippen LogP contribution is 2.26. The fourth-order valence-corrected chi connectivity index (χ4v) is 3.76. The molecule has 0 saturated carbocycles. The van der Waals surface area contributed by atoms with Crippen LogP contribution in [0.5, 0.6) is 0 Å². The van der Waals surface area contributed by atoms with Crippen LogP contribution in [0, 0.1) is 6.92 Å². The summed E-state index contributed by atoms with van der Waals surface area (Å²) in [6, 6.07) is 13.2. The number of rotatable bonds is 4. The summed E-state index contributed by atoms with van der Waals surface area (Å²) in [5, 5.41) is 0. The summed E-state index contributed by atoms with van der Waals surface area (Å²) in [7, 11) is 0. The van der Waals surface area contributed by atoms with Gasteiger partial charge in [-0.2, -0.15) is 0 Å². The Hall–Kier alpha value is -3.28. The summed E-state index contributed by atoms with van der Waals surface area (Å²) in [6.45, 7) is 3.36. The Morgan fingerprint density at radius 2 is 1.93 bits per heavy atom. The van der Waals surface area contributed by atoms with E-state index in [1.165, 1.54) is 11.6 Å². The van der Waals surface area contributed by atoms with Gasteiger partial charge in [0.05, 0.1) is 12.1 Å². The van der Waals surface area contributed by atoms with Gasteiger partial charge in [-0.15, -0.1) is 0 Å². The molecule has 0 radical (unpaired) electrons. The van der Waals surface area contributed by atoms with E-state index in [-0.39, 0.29) is 17.4 Å². The van der Waals surface area contributed by atoms with Gasteiger partial charge in [-0.3, -0.25) is 14.6 Å². The van der Waals surface area contributed by atoms with E-state index in [4.69, 9.17) is 4.98 Å². The Morgan fingerprint density at radius 3 is 2.69 bits per heavy atom. The molecule has 6 nitrogen and oxygen atoms in total. The monoisotopic (exact) mass is 388 g/mol. The molecule has 1 aliphatic rings. The molecule has 1 atom stereocenters. The van der Waals surface area contributed by atoms with Gasteiger partial charge in [0.2, 0.25) is 5.91 Å².